The molecule has 1 aromatic carbocycles. The van der Waals surface area contributed by atoms with Crippen molar-refractivity contribution in [1.29, 1.82) is 0 Å². The van der Waals surface area contributed by atoms with E-state index >= 15 is 0 Å². The van der Waals surface area contributed by atoms with Crippen molar-refractivity contribution < 1.29 is 18.3 Å². The smallest absolute Gasteiger partial charge is 0.224 e. The number of nitrogens with one attached hydrogen (secondary N) is 2. The molecule has 1 aromatic rings. The van der Waals surface area contributed by atoms with Gasteiger partial charge in [0.05, 0.1) is 12.8 Å². The molecule has 0 radical (unpaired) electrons. The summed E-state index contributed by atoms with van der Waals surface area (Å²) >= 11 is 0. The Morgan fingerprint density at radius 2 is 2.05 bits per heavy atom. The molecule has 0 atom stereocenters. The topological polar surface area (TPSA) is 50.4 Å². The van der Waals surface area contributed by atoms with Gasteiger partial charge in [0, 0.05) is 18.6 Å². The van der Waals surface area contributed by atoms with Crippen LogP contribution in [0, 0.1) is 17.6 Å². The summed E-state index contributed by atoms with van der Waals surface area (Å²) in [6.45, 7) is 1.96. The van der Waals surface area contributed by atoms with Crippen molar-refractivity contribution in [3.05, 3.63) is 23.8 Å². The van der Waals surface area contributed by atoms with Crippen molar-refractivity contribution in [2.45, 2.75) is 25.7 Å². The number of carbonyl (C=O) groups is 1. The highest BCUT2D eigenvalue weighted by Crippen LogP contribution is 2.29. The van der Waals surface area contributed by atoms with Crippen LogP contribution in [0.1, 0.15) is 25.7 Å². The molecule has 2 N–H and O–H groups in total. The normalized spacial score (nSPS) is 15.0. The van der Waals surface area contributed by atoms with Crippen LogP contribution in [-0.2, 0) is 4.79 Å². The van der Waals surface area contributed by atoms with Crippen LogP contribution in [0.3, 0.4) is 0 Å². The van der Waals surface area contributed by atoms with Gasteiger partial charge in [0.25, 0.3) is 0 Å². The molecule has 1 heterocycles. The average Bonchev–Trinajstić information content (AvgIpc) is 2.46. The van der Waals surface area contributed by atoms with E-state index in [2.05, 4.69) is 10.6 Å². The van der Waals surface area contributed by atoms with Crippen LogP contribution in [0.25, 0.3) is 0 Å². The molecule has 1 aliphatic rings. The third-order valence-electron chi connectivity index (χ3n) is 3.72. The van der Waals surface area contributed by atoms with Gasteiger partial charge in [-0.3, -0.25) is 4.79 Å². The van der Waals surface area contributed by atoms with Gasteiger partial charge in [-0.15, -0.1) is 12.4 Å². The standard InChI is InChI=1S/C15H20F2N2O2.ClH/c1-21-15-12(17)8-11(16)9-13(15)19-14(20)3-2-10-4-6-18-7-5-10;/h8-10,18H,2-7H2,1H3,(H,19,20);1H. The molecular formula is C15H21ClF2N2O2. The fourth-order valence-electron chi connectivity index (χ4n) is 2.58. The lowest BCUT2D eigenvalue weighted by Gasteiger charge is -2.22. The molecule has 0 saturated carbocycles. The van der Waals surface area contributed by atoms with Crippen molar-refractivity contribution in [3.8, 4) is 5.75 Å². The van der Waals surface area contributed by atoms with Crippen LogP contribution in [-0.4, -0.2) is 26.1 Å². The number of anilines is 1. The molecule has 0 unspecified atom stereocenters. The first-order chi connectivity index (χ1) is 10.1. The van der Waals surface area contributed by atoms with Crippen molar-refractivity contribution in [2.24, 2.45) is 5.92 Å². The highest BCUT2D eigenvalue weighted by molar-refractivity contribution is 5.92. The van der Waals surface area contributed by atoms with Crippen LogP contribution in [0.15, 0.2) is 12.1 Å². The van der Waals surface area contributed by atoms with E-state index in [0.29, 0.717) is 12.3 Å². The summed E-state index contributed by atoms with van der Waals surface area (Å²) in [6.07, 6.45) is 3.25. The number of hydrogen-bond donors (Lipinski definition) is 2. The van der Waals surface area contributed by atoms with Gasteiger partial charge >= 0.3 is 0 Å². The molecule has 0 bridgehead atoms. The minimum absolute atomic E-state index is 0. The van der Waals surface area contributed by atoms with E-state index in [1.807, 2.05) is 0 Å². The zero-order valence-corrected chi connectivity index (χ0v) is 13.3. The minimum atomic E-state index is -0.828. The summed E-state index contributed by atoms with van der Waals surface area (Å²) in [7, 11) is 1.28. The molecule has 7 heteroatoms. The number of halogens is 3. The number of methoxy groups -OCH3 is 1. The van der Waals surface area contributed by atoms with Gasteiger partial charge in [0.2, 0.25) is 5.91 Å². The van der Waals surface area contributed by atoms with Crippen molar-refractivity contribution in [3.63, 3.8) is 0 Å². The molecule has 124 valence electrons. The second-order valence-electron chi connectivity index (χ2n) is 5.25. The first-order valence-corrected chi connectivity index (χ1v) is 7.13. The Kier molecular flexibility index (Phi) is 7.55. The molecule has 1 amide bonds. The maximum atomic E-state index is 13.5. The van der Waals surface area contributed by atoms with E-state index in [4.69, 9.17) is 4.74 Å². The molecule has 1 fully saturated rings. The Hall–Kier alpha value is -1.40. The maximum Gasteiger partial charge on any atom is 0.224 e. The number of ether oxygens (including phenoxy) is 1. The van der Waals surface area contributed by atoms with E-state index in [9.17, 15) is 13.6 Å². The molecule has 0 aliphatic carbocycles. The molecule has 1 aliphatic heterocycles. The number of piperidine rings is 1. The van der Waals surface area contributed by atoms with Gasteiger partial charge in [0.1, 0.15) is 5.82 Å². The first kappa shape index (κ1) is 18.6. The highest BCUT2D eigenvalue weighted by Gasteiger charge is 2.17. The molecule has 1 saturated heterocycles. The highest BCUT2D eigenvalue weighted by atomic mass is 35.5. The van der Waals surface area contributed by atoms with Crippen LogP contribution in [0.2, 0.25) is 0 Å². The largest absolute Gasteiger partial charge is 0.492 e. The predicted octanol–water partition coefficient (Wildman–Crippen LogP) is 3.11. The Bertz CT molecular complexity index is 509. The zero-order valence-electron chi connectivity index (χ0n) is 12.5. The van der Waals surface area contributed by atoms with Crippen LogP contribution in [0.5, 0.6) is 5.75 Å². The quantitative estimate of drug-likeness (QED) is 0.870. The number of hydrogen-bond acceptors (Lipinski definition) is 3. The van der Waals surface area contributed by atoms with Crippen LogP contribution >= 0.6 is 12.4 Å². The van der Waals surface area contributed by atoms with Gasteiger partial charge < -0.3 is 15.4 Å². The number of benzene rings is 1. The second kappa shape index (κ2) is 8.90. The molecule has 22 heavy (non-hydrogen) atoms. The van der Waals surface area contributed by atoms with Gasteiger partial charge in [-0.1, -0.05) is 0 Å². The Balaban J connectivity index is 0.00000242. The second-order valence-corrected chi connectivity index (χ2v) is 5.25. The number of amides is 1. The van der Waals surface area contributed by atoms with Gasteiger partial charge in [-0.25, -0.2) is 8.78 Å². The molecule has 0 aromatic heterocycles. The Labute approximate surface area is 135 Å². The summed E-state index contributed by atoms with van der Waals surface area (Å²) in [4.78, 5) is 11.9. The minimum Gasteiger partial charge on any atom is -0.492 e. The van der Waals surface area contributed by atoms with E-state index < -0.39 is 11.6 Å². The first-order valence-electron chi connectivity index (χ1n) is 7.13. The Morgan fingerprint density at radius 3 is 2.68 bits per heavy atom. The van der Waals surface area contributed by atoms with Gasteiger partial charge in [-0.2, -0.15) is 0 Å². The number of carbonyl (C=O) groups excluding carboxylic acids is 1. The van der Waals surface area contributed by atoms with E-state index in [-0.39, 0.29) is 29.8 Å². The summed E-state index contributed by atoms with van der Waals surface area (Å²) < 4.78 is 31.6. The SMILES string of the molecule is COc1c(F)cc(F)cc1NC(=O)CCC1CCNCC1.Cl. The lowest BCUT2D eigenvalue weighted by Crippen LogP contribution is -2.28. The fraction of sp³-hybridized carbons (Fsp3) is 0.533. The van der Waals surface area contributed by atoms with Crippen LogP contribution in [0.4, 0.5) is 14.5 Å². The van der Waals surface area contributed by atoms with E-state index in [1.165, 1.54) is 7.11 Å². The van der Waals surface area contributed by atoms with E-state index in [1.54, 1.807) is 0 Å². The predicted molar refractivity (Wildman–Crippen MR) is 83.6 cm³/mol. The lowest BCUT2D eigenvalue weighted by molar-refractivity contribution is -0.116. The fourth-order valence-corrected chi connectivity index (χ4v) is 2.58. The molecular weight excluding hydrogens is 314 g/mol. The lowest BCUT2D eigenvalue weighted by atomic mass is 9.93. The number of rotatable bonds is 5. The third kappa shape index (κ3) is 5.10. The summed E-state index contributed by atoms with van der Waals surface area (Å²) in [5, 5.41) is 5.79. The van der Waals surface area contributed by atoms with Gasteiger partial charge in [-0.05, 0) is 38.3 Å². The van der Waals surface area contributed by atoms with Gasteiger partial charge in [0.15, 0.2) is 11.6 Å². The third-order valence-corrected chi connectivity index (χ3v) is 3.72. The Morgan fingerprint density at radius 1 is 1.36 bits per heavy atom. The van der Waals surface area contributed by atoms with Crippen LogP contribution < -0.4 is 15.4 Å². The zero-order chi connectivity index (χ0) is 15.2. The van der Waals surface area contributed by atoms with Crippen molar-refractivity contribution >= 4 is 24.0 Å². The summed E-state index contributed by atoms with van der Waals surface area (Å²) in [5.41, 5.74) is 0.0327. The summed E-state index contributed by atoms with van der Waals surface area (Å²) in [6, 6.07) is 1.79. The van der Waals surface area contributed by atoms with E-state index in [0.717, 1.165) is 44.5 Å². The molecule has 2 rings (SSSR count). The molecule has 0 spiro atoms. The summed E-state index contributed by atoms with van der Waals surface area (Å²) in [5.74, 6) is -1.44. The van der Waals surface area contributed by atoms with Crippen molar-refractivity contribution in [2.75, 3.05) is 25.5 Å². The molecule has 4 nitrogen and oxygen atoms in total. The average molecular weight is 335 g/mol. The maximum absolute atomic E-state index is 13.5. The monoisotopic (exact) mass is 334 g/mol. The van der Waals surface area contributed by atoms with Crippen molar-refractivity contribution in [1.82, 2.24) is 5.32 Å².